The van der Waals surface area contributed by atoms with Crippen LogP contribution in [-0.4, -0.2) is 19.1 Å². The molecule has 3 nitrogen and oxygen atoms in total. The first-order valence-corrected chi connectivity index (χ1v) is 2.44. The van der Waals surface area contributed by atoms with Crippen molar-refractivity contribution in [1.82, 2.24) is 5.73 Å². The van der Waals surface area contributed by atoms with E-state index in [4.69, 9.17) is 5.73 Å². The maximum absolute atomic E-state index is 10.3. The highest BCUT2D eigenvalue weighted by Crippen LogP contribution is 1.88. The molecule has 0 spiro atoms. The summed E-state index contributed by atoms with van der Waals surface area (Å²) < 4.78 is 4.30. The van der Waals surface area contributed by atoms with Crippen molar-refractivity contribution in [1.29, 1.82) is 0 Å². The highest BCUT2D eigenvalue weighted by molar-refractivity contribution is 5.69. The van der Waals surface area contributed by atoms with E-state index in [0.29, 0.717) is 0 Å². The molecule has 8 heavy (non-hydrogen) atoms. The van der Waals surface area contributed by atoms with Crippen LogP contribution in [0.1, 0.15) is 13.3 Å². The second kappa shape index (κ2) is 3.43. The van der Waals surface area contributed by atoms with E-state index in [2.05, 4.69) is 4.74 Å². The summed E-state index contributed by atoms with van der Waals surface area (Å²) in [4.78, 5) is 10.3. The SMILES string of the molecule is COC(=O)CC(C)[NH]. The molecule has 0 aliphatic rings. The Hall–Kier alpha value is -0.570. The van der Waals surface area contributed by atoms with Crippen molar-refractivity contribution in [3.63, 3.8) is 0 Å². The summed E-state index contributed by atoms with van der Waals surface area (Å²) in [5, 5.41) is 0. The Kier molecular flexibility index (Phi) is 3.19. The number of hydrogen-bond acceptors (Lipinski definition) is 2. The van der Waals surface area contributed by atoms with Gasteiger partial charge in [0.05, 0.1) is 13.5 Å². The zero-order valence-corrected chi connectivity index (χ0v) is 5.10. The fraction of sp³-hybridized carbons (Fsp3) is 0.800. The summed E-state index contributed by atoms with van der Waals surface area (Å²) in [6.45, 7) is 1.65. The Labute approximate surface area is 48.8 Å². The summed E-state index contributed by atoms with van der Waals surface area (Å²) >= 11 is 0. The first kappa shape index (κ1) is 7.43. The topological polar surface area (TPSA) is 50.1 Å². The van der Waals surface area contributed by atoms with Crippen LogP contribution in [0, 0.1) is 0 Å². The average molecular weight is 116 g/mol. The predicted molar refractivity (Wildman–Crippen MR) is 29.2 cm³/mol. The lowest BCUT2D eigenvalue weighted by Gasteiger charge is -1.99. The van der Waals surface area contributed by atoms with E-state index in [1.54, 1.807) is 6.92 Å². The van der Waals surface area contributed by atoms with Crippen LogP contribution >= 0.6 is 0 Å². The zero-order chi connectivity index (χ0) is 6.57. The molecule has 0 rings (SSSR count). The lowest BCUT2D eigenvalue weighted by Crippen LogP contribution is -2.11. The summed E-state index contributed by atoms with van der Waals surface area (Å²) in [6.07, 6.45) is 0.191. The molecule has 0 saturated heterocycles. The van der Waals surface area contributed by atoms with Gasteiger partial charge < -0.3 is 4.74 Å². The number of methoxy groups -OCH3 is 1. The van der Waals surface area contributed by atoms with Crippen molar-refractivity contribution in [3.05, 3.63) is 0 Å². The summed E-state index contributed by atoms with van der Waals surface area (Å²) in [5.74, 6) is -0.312. The van der Waals surface area contributed by atoms with E-state index < -0.39 is 0 Å². The van der Waals surface area contributed by atoms with Crippen molar-refractivity contribution in [2.75, 3.05) is 7.11 Å². The zero-order valence-electron chi connectivity index (χ0n) is 5.10. The molecule has 0 aromatic carbocycles. The lowest BCUT2D eigenvalue weighted by molar-refractivity contribution is -0.140. The number of rotatable bonds is 2. The number of esters is 1. The van der Waals surface area contributed by atoms with E-state index in [-0.39, 0.29) is 18.4 Å². The molecule has 1 atom stereocenters. The van der Waals surface area contributed by atoms with Crippen LogP contribution in [0.15, 0.2) is 0 Å². The molecule has 0 bridgehead atoms. The van der Waals surface area contributed by atoms with E-state index in [1.807, 2.05) is 0 Å². The molecule has 47 valence electrons. The first-order chi connectivity index (χ1) is 3.66. The maximum atomic E-state index is 10.3. The molecular weight excluding hydrogens is 106 g/mol. The van der Waals surface area contributed by atoms with Crippen LogP contribution in [0.25, 0.3) is 0 Å². The van der Waals surface area contributed by atoms with Crippen molar-refractivity contribution in [3.8, 4) is 0 Å². The van der Waals surface area contributed by atoms with Gasteiger partial charge in [0.1, 0.15) is 0 Å². The molecule has 0 amide bonds. The van der Waals surface area contributed by atoms with Crippen LogP contribution in [0.3, 0.4) is 0 Å². The molecule has 1 N–H and O–H groups in total. The molecule has 0 aliphatic heterocycles. The van der Waals surface area contributed by atoms with Crippen molar-refractivity contribution < 1.29 is 9.53 Å². The summed E-state index contributed by atoms with van der Waals surface area (Å²) in [5.41, 5.74) is 6.91. The third-order valence-electron chi connectivity index (χ3n) is 0.701. The van der Waals surface area contributed by atoms with E-state index in [1.165, 1.54) is 7.11 Å². The minimum absolute atomic E-state index is 0.191. The van der Waals surface area contributed by atoms with Crippen molar-refractivity contribution in [2.24, 2.45) is 0 Å². The van der Waals surface area contributed by atoms with Crippen LogP contribution in [0.2, 0.25) is 0 Å². The van der Waals surface area contributed by atoms with Gasteiger partial charge in [0, 0.05) is 6.04 Å². The highest BCUT2D eigenvalue weighted by atomic mass is 16.5. The number of ether oxygens (including phenoxy) is 1. The van der Waals surface area contributed by atoms with Crippen LogP contribution in [-0.2, 0) is 9.53 Å². The number of carbonyl (C=O) groups excluding carboxylic acids is 1. The normalized spacial score (nSPS) is 12.9. The predicted octanol–water partition coefficient (Wildman–Crippen LogP) is 0.221. The number of hydrogen-bond donors (Lipinski definition) is 0. The van der Waals surface area contributed by atoms with Gasteiger partial charge in [0.15, 0.2) is 0 Å². The molecular formula is C5H10NO2. The van der Waals surface area contributed by atoms with Gasteiger partial charge >= 0.3 is 5.97 Å². The van der Waals surface area contributed by atoms with E-state index in [9.17, 15) is 4.79 Å². The van der Waals surface area contributed by atoms with Gasteiger partial charge in [-0.1, -0.05) is 0 Å². The molecule has 0 heterocycles. The van der Waals surface area contributed by atoms with E-state index in [0.717, 1.165) is 0 Å². The molecule has 3 heteroatoms. The van der Waals surface area contributed by atoms with Gasteiger partial charge in [-0.3, -0.25) is 10.5 Å². The third-order valence-corrected chi connectivity index (χ3v) is 0.701. The van der Waals surface area contributed by atoms with Gasteiger partial charge in [-0.2, -0.15) is 0 Å². The fourth-order valence-electron chi connectivity index (χ4n) is 0.333. The molecule has 0 aliphatic carbocycles. The highest BCUT2D eigenvalue weighted by Gasteiger charge is 2.02. The second-order valence-corrected chi connectivity index (χ2v) is 1.68. The summed E-state index contributed by atoms with van der Waals surface area (Å²) in [7, 11) is 1.32. The number of carbonyl (C=O) groups is 1. The minimum Gasteiger partial charge on any atom is -0.469 e. The van der Waals surface area contributed by atoms with Gasteiger partial charge in [0.2, 0.25) is 0 Å². The molecule has 0 aromatic rings. The minimum atomic E-state index is -0.345. The molecule has 1 unspecified atom stereocenters. The molecule has 0 fully saturated rings. The van der Waals surface area contributed by atoms with Crippen LogP contribution < -0.4 is 5.73 Å². The van der Waals surface area contributed by atoms with E-state index >= 15 is 0 Å². The standard InChI is InChI=1S/C5H10NO2/c1-4(6)3-5(7)8-2/h4,6H,3H2,1-2H3. The van der Waals surface area contributed by atoms with Crippen molar-refractivity contribution in [2.45, 2.75) is 19.4 Å². The van der Waals surface area contributed by atoms with Crippen LogP contribution in [0.5, 0.6) is 0 Å². The van der Waals surface area contributed by atoms with Gasteiger partial charge in [-0.25, -0.2) is 0 Å². The van der Waals surface area contributed by atoms with Gasteiger partial charge in [0.25, 0.3) is 0 Å². The Bertz CT molecular complexity index is 80.5. The molecule has 1 radical (unpaired) electrons. The quantitative estimate of drug-likeness (QED) is 0.484. The summed E-state index contributed by atoms with van der Waals surface area (Å²) in [6, 6.07) is -0.345. The maximum Gasteiger partial charge on any atom is 0.307 e. The second-order valence-electron chi connectivity index (χ2n) is 1.68. The van der Waals surface area contributed by atoms with Gasteiger partial charge in [-0.15, -0.1) is 0 Å². The largest absolute Gasteiger partial charge is 0.469 e. The van der Waals surface area contributed by atoms with Crippen molar-refractivity contribution >= 4 is 5.97 Å². The molecule has 0 aromatic heterocycles. The Balaban J connectivity index is 3.25. The average Bonchev–Trinajstić information content (AvgIpc) is 1.65. The Morgan fingerprint density at radius 1 is 1.88 bits per heavy atom. The fourth-order valence-corrected chi connectivity index (χ4v) is 0.333. The van der Waals surface area contributed by atoms with Crippen LogP contribution in [0.4, 0.5) is 0 Å². The Morgan fingerprint density at radius 2 is 2.38 bits per heavy atom. The van der Waals surface area contributed by atoms with Gasteiger partial charge in [-0.05, 0) is 6.92 Å². The molecule has 0 saturated carbocycles. The lowest BCUT2D eigenvalue weighted by atomic mass is 10.3. The third kappa shape index (κ3) is 3.61. The Morgan fingerprint density at radius 3 is 2.50 bits per heavy atom. The first-order valence-electron chi connectivity index (χ1n) is 2.44. The number of nitrogens with one attached hydrogen (secondary N) is 1. The monoisotopic (exact) mass is 116 g/mol. The smallest absolute Gasteiger partial charge is 0.307 e.